The van der Waals surface area contributed by atoms with Crippen molar-refractivity contribution in [3.05, 3.63) is 78.6 Å². The summed E-state index contributed by atoms with van der Waals surface area (Å²) in [4.78, 5) is 11.2. The molecular formula is C26H23N5O2S. The van der Waals surface area contributed by atoms with Gasteiger partial charge in [-0.15, -0.1) is 10.2 Å². The first-order chi connectivity index (χ1) is 16.6. The van der Waals surface area contributed by atoms with Crippen LogP contribution in [0.2, 0.25) is 0 Å². The van der Waals surface area contributed by atoms with Gasteiger partial charge < -0.3 is 9.84 Å². The smallest absolute Gasteiger partial charge is 0.187 e. The quantitative estimate of drug-likeness (QED) is 0.402. The van der Waals surface area contributed by atoms with Gasteiger partial charge in [-0.05, 0) is 55.0 Å². The van der Waals surface area contributed by atoms with Crippen LogP contribution in [-0.2, 0) is 10.3 Å². The maximum Gasteiger partial charge on any atom is 0.187 e. The minimum absolute atomic E-state index is 0.0482. The van der Waals surface area contributed by atoms with E-state index in [-0.39, 0.29) is 6.10 Å². The van der Waals surface area contributed by atoms with E-state index in [9.17, 15) is 5.11 Å². The van der Waals surface area contributed by atoms with Gasteiger partial charge in [0.2, 0.25) is 0 Å². The fourth-order valence-corrected chi connectivity index (χ4v) is 5.49. The second kappa shape index (κ2) is 8.47. The summed E-state index contributed by atoms with van der Waals surface area (Å²) in [7, 11) is 0. The highest BCUT2D eigenvalue weighted by atomic mass is 32.2. The summed E-state index contributed by atoms with van der Waals surface area (Å²) in [5.41, 5.74) is 3.31. The second-order valence-electron chi connectivity index (χ2n) is 8.64. The van der Waals surface area contributed by atoms with Crippen molar-refractivity contribution in [1.82, 2.24) is 24.6 Å². The fraction of sp³-hybridized carbons (Fsp3) is 0.231. The molecule has 2 atom stereocenters. The van der Waals surface area contributed by atoms with Crippen molar-refractivity contribution in [3.63, 3.8) is 0 Å². The summed E-state index contributed by atoms with van der Waals surface area (Å²) in [6, 6.07) is 20.1. The third-order valence-electron chi connectivity index (χ3n) is 6.24. The molecule has 1 aliphatic heterocycles. The Morgan fingerprint density at radius 1 is 1.03 bits per heavy atom. The number of hydrogen-bond donors (Lipinski definition) is 1. The lowest BCUT2D eigenvalue weighted by Gasteiger charge is -2.36. The van der Waals surface area contributed by atoms with E-state index in [1.165, 1.54) is 0 Å². The molecule has 0 spiro atoms. The summed E-state index contributed by atoms with van der Waals surface area (Å²) < 4.78 is 7.62. The molecule has 1 saturated heterocycles. The summed E-state index contributed by atoms with van der Waals surface area (Å²) in [6.07, 6.45) is 4.75. The van der Waals surface area contributed by atoms with Crippen LogP contribution in [0.1, 0.15) is 25.3 Å². The average Bonchev–Trinajstić information content (AvgIpc) is 3.29. The van der Waals surface area contributed by atoms with E-state index >= 15 is 0 Å². The van der Waals surface area contributed by atoms with Gasteiger partial charge in [-0.3, -0.25) is 14.4 Å². The molecule has 2 aromatic carbocycles. The van der Waals surface area contributed by atoms with Gasteiger partial charge in [-0.2, -0.15) is 0 Å². The van der Waals surface area contributed by atoms with E-state index < -0.39 is 5.60 Å². The number of ether oxygens (including phenoxy) is 1. The van der Waals surface area contributed by atoms with Crippen LogP contribution >= 0.6 is 11.8 Å². The number of nitrogens with zero attached hydrogens (tertiary/aromatic N) is 5. The number of fused-ring (bicyclic) bond motifs is 3. The zero-order valence-electron chi connectivity index (χ0n) is 18.6. The third-order valence-corrected chi connectivity index (χ3v) is 7.22. The lowest BCUT2D eigenvalue weighted by atomic mass is 9.84. The van der Waals surface area contributed by atoms with Gasteiger partial charge in [0.25, 0.3) is 0 Å². The predicted octanol–water partition coefficient (Wildman–Crippen LogP) is 4.88. The molecule has 3 aromatic heterocycles. The Morgan fingerprint density at radius 2 is 1.94 bits per heavy atom. The Bertz CT molecular complexity index is 1490. The van der Waals surface area contributed by atoms with E-state index in [0.717, 1.165) is 32.1 Å². The van der Waals surface area contributed by atoms with E-state index in [0.29, 0.717) is 30.9 Å². The van der Waals surface area contributed by atoms with E-state index in [2.05, 4.69) is 44.4 Å². The average molecular weight is 470 g/mol. The van der Waals surface area contributed by atoms with Crippen LogP contribution in [0, 0.1) is 0 Å². The summed E-state index contributed by atoms with van der Waals surface area (Å²) in [6.45, 7) is 2.58. The standard InChI is InChI=1S/C26H23N5O2S/c1-17-15-26(32,10-12-33-17)18-5-4-6-19(13-18)34-20-8-9-23-22(14-20)28-16-24-29-30-25(31(23)24)21-7-2-3-11-27-21/h2-9,11,13-14,16-17,32H,10,12,15H2,1H3/t17-,26+/m0/s1. The van der Waals surface area contributed by atoms with Crippen molar-refractivity contribution < 1.29 is 9.84 Å². The summed E-state index contributed by atoms with van der Waals surface area (Å²) >= 11 is 1.65. The van der Waals surface area contributed by atoms with Crippen molar-refractivity contribution in [2.75, 3.05) is 6.61 Å². The summed E-state index contributed by atoms with van der Waals surface area (Å²) in [5, 5.41) is 19.8. The van der Waals surface area contributed by atoms with Gasteiger partial charge in [0.1, 0.15) is 5.69 Å². The highest BCUT2D eigenvalue weighted by Gasteiger charge is 2.35. The Kier molecular flexibility index (Phi) is 5.28. The van der Waals surface area contributed by atoms with Crippen molar-refractivity contribution >= 4 is 28.4 Å². The Hall–Kier alpha value is -3.33. The zero-order chi connectivity index (χ0) is 23.1. The molecule has 1 fully saturated rings. The van der Waals surface area contributed by atoms with E-state index in [4.69, 9.17) is 4.74 Å². The Labute approximate surface area is 200 Å². The largest absolute Gasteiger partial charge is 0.385 e. The van der Waals surface area contributed by atoms with Crippen LogP contribution < -0.4 is 0 Å². The third kappa shape index (κ3) is 3.83. The first-order valence-corrected chi connectivity index (χ1v) is 12.1. The number of pyridine rings is 1. The molecule has 170 valence electrons. The minimum atomic E-state index is -0.846. The molecule has 4 heterocycles. The van der Waals surface area contributed by atoms with Crippen LogP contribution in [0.15, 0.2) is 82.8 Å². The van der Waals surface area contributed by atoms with Crippen LogP contribution in [-0.4, -0.2) is 42.4 Å². The lowest BCUT2D eigenvalue weighted by Crippen LogP contribution is -2.37. The SMILES string of the molecule is C[C@H]1C[C@@](O)(c2cccc(Sc3ccc4c(c3)ncc3nnc(-c5ccccn5)n34)c2)CCO1. The van der Waals surface area contributed by atoms with E-state index in [1.807, 2.05) is 47.7 Å². The van der Waals surface area contributed by atoms with Gasteiger partial charge >= 0.3 is 0 Å². The molecule has 1 N–H and O–H groups in total. The fourth-order valence-electron chi connectivity index (χ4n) is 4.58. The highest BCUT2D eigenvalue weighted by molar-refractivity contribution is 7.99. The molecule has 0 aliphatic carbocycles. The summed E-state index contributed by atoms with van der Waals surface area (Å²) in [5.74, 6) is 0.690. The predicted molar refractivity (Wildman–Crippen MR) is 131 cm³/mol. The maximum atomic E-state index is 11.2. The first-order valence-electron chi connectivity index (χ1n) is 11.3. The monoisotopic (exact) mass is 469 g/mol. The Balaban J connectivity index is 1.34. The molecule has 7 nitrogen and oxygen atoms in total. The maximum absolute atomic E-state index is 11.2. The van der Waals surface area contributed by atoms with Crippen LogP contribution in [0.5, 0.6) is 0 Å². The molecule has 5 aromatic rings. The molecule has 0 radical (unpaired) electrons. The van der Waals surface area contributed by atoms with Gasteiger partial charge in [-0.1, -0.05) is 30.0 Å². The topological polar surface area (TPSA) is 85.4 Å². The number of aliphatic hydroxyl groups is 1. The first kappa shape index (κ1) is 21.2. The van der Waals surface area contributed by atoms with Crippen molar-refractivity contribution in [2.24, 2.45) is 0 Å². The molecule has 0 amide bonds. The van der Waals surface area contributed by atoms with E-state index in [1.54, 1.807) is 24.2 Å². The minimum Gasteiger partial charge on any atom is -0.385 e. The lowest BCUT2D eigenvalue weighted by molar-refractivity contribution is -0.101. The van der Waals surface area contributed by atoms with Crippen molar-refractivity contribution in [2.45, 2.75) is 41.3 Å². The van der Waals surface area contributed by atoms with Crippen molar-refractivity contribution in [1.29, 1.82) is 0 Å². The molecule has 1 aliphatic rings. The molecule has 6 rings (SSSR count). The molecule has 0 bridgehead atoms. The normalized spacial score (nSPS) is 20.7. The molecule has 0 saturated carbocycles. The molecule has 8 heteroatoms. The zero-order valence-corrected chi connectivity index (χ0v) is 19.4. The van der Waals surface area contributed by atoms with Crippen LogP contribution in [0.4, 0.5) is 0 Å². The molecule has 0 unspecified atom stereocenters. The number of hydrogen-bond acceptors (Lipinski definition) is 7. The Morgan fingerprint density at radius 3 is 2.79 bits per heavy atom. The molecule has 34 heavy (non-hydrogen) atoms. The van der Waals surface area contributed by atoms with Crippen LogP contribution in [0.25, 0.3) is 28.2 Å². The number of rotatable bonds is 4. The van der Waals surface area contributed by atoms with Crippen LogP contribution in [0.3, 0.4) is 0 Å². The van der Waals surface area contributed by atoms with Gasteiger partial charge in [0.05, 0.1) is 35.5 Å². The highest BCUT2D eigenvalue weighted by Crippen LogP contribution is 2.38. The van der Waals surface area contributed by atoms with Gasteiger partial charge in [-0.25, -0.2) is 0 Å². The molecular weight excluding hydrogens is 446 g/mol. The van der Waals surface area contributed by atoms with Gasteiger partial charge in [0.15, 0.2) is 11.5 Å². The second-order valence-corrected chi connectivity index (χ2v) is 9.78. The van der Waals surface area contributed by atoms with Crippen molar-refractivity contribution in [3.8, 4) is 11.5 Å². The van der Waals surface area contributed by atoms with Gasteiger partial charge in [0, 0.05) is 28.8 Å². The number of aromatic nitrogens is 5. The number of benzene rings is 2.